The number of aromatic nitrogens is 2. The summed E-state index contributed by atoms with van der Waals surface area (Å²) in [7, 11) is 0. The smallest absolute Gasteiger partial charge is 0.244 e. The molecule has 0 saturated heterocycles. The number of hydrogen-bond donors (Lipinski definition) is 2. The lowest BCUT2D eigenvalue weighted by Gasteiger charge is -2.22. The van der Waals surface area contributed by atoms with E-state index in [4.69, 9.17) is 5.73 Å². The van der Waals surface area contributed by atoms with Gasteiger partial charge in [-0.25, -0.2) is 0 Å². The normalized spacial score (nSPS) is 17.2. The largest absolute Gasteiger partial charge is 0.322 e. The zero-order valence-electron chi connectivity index (χ0n) is 12.1. The molecular formula is C16H20N4O. The predicted molar refractivity (Wildman–Crippen MR) is 81.7 cm³/mol. The SMILES string of the molecule is CC(N)(C(=O)Nc1cnn(Cc2ccccc2)c1)C1CC1. The maximum absolute atomic E-state index is 12.2. The summed E-state index contributed by atoms with van der Waals surface area (Å²) in [6.07, 6.45) is 5.55. The number of carbonyl (C=O) groups excluding carboxylic acids is 1. The van der Waals surface area contributed by atoms with Crippen molar-refractivity contribution in [1.82, 2.24) is 9.78 Å². The molecule has 5 heteroatoms. The van der Waals surface area contributed by atoms with Gasteiger partial charge < -0.3 is 11.1 Å². The lowest BCUT2D eigenvalue weighted by atomic mass is 9.96. The van der Waals surface area contributed by atoms with Gasteiger partial charge in [-0.1, -0.05) is 30.3 Å². The molecule has 1 fully saturated rings. The van der Waals surface area contributed by atoms with Crippen LogP contribution in [0.3, 0.4) is 0 Å². The number of carbonyl (C=O) groups is 1. The molecule has 0 radical (unpaired) electrons. The second-order valence-corrected chi connectivity index (χ2v) is 5.92. The number of hydrogen-bond acceptors (Lipinski definition) is 3. The standard InChI is InChI=1S/C16H20N4O/c1-16(17,13-7-8-13)15(21)19-14-9-18-20(11-14)10-12-5-3-2-4-6-12/h2-6,9,11,13H,7-8,10,17H2,1H3,(H,19,21). The van der Waals surface area contributed by atoms with Gasteiger partial charge in [0.15, 0.2) is 0 Å². The van der Waals surface area contributed by atoms with E-state index < -0.39 is 5.54 Å². The molecule has 0 spiro atoms. The highest BCUT2D eigenvalue weighted by molar-refractivity contribution is 5.98. The van der Waals surface area contributed by atoms with E-state index in [2.05, 4.69) is 10.4 Å². The summed E-state index contributed by atoms with van der Waals surface area (Å²) in [6, 6.07) is 10.1. The van der Waals surface area contributed by atoms with Crippen molar-refractivity contribution >= 4 is 11.6 Å². The average Bonchev–Trinajstić information content (AvgIpc) is 3.24. The van der Waals surface area contributed by atoms with Crippen LogP contribution in [0.25, 0.3) is 0 Å². The van der Waals surface area contributed by atoms with E-state index in [0.29, 0.717) is 18.2 Å². The first-order chi connectivity index (χ1) is 10.1. The molecular weight excluding hydrogens is 264 g/mol. The van der Waals surface area contributed by atoms with E-state index in [1.54, 1.807) is 17.8 Å². The Balaban J connectivity index is 1.64. The van der Waals surface area contributed by atoms with Gasteiger partial charge in [-0.15, -0.1) is 0 Å². The van der Waals surface area contributed by atoms with Crippen LogP contribution in [0.2, 0.25) is 0 Å². The van der Waals surface area contributed by atoms with Crippen molar-refractivity contribution in [1.29, 1.82) is 0 Å². The van der Waals surface area contributed by atoms with Gasteiger partial charge in [-0.05, 0) is 31.2 Å². The summed E-state index contributed by atoms with van der Waals surface area (Å²) in [4.78, 5) is 12.2. The molecule has 0 aliphatic heterocycles. The average molecular weight is 284 g/mol. The number of anilines is 1. The highest BCUT2D eigenvalue weighted by Gasteiger charge is 2.44. The Kier molecular flexibility index (Phi) is 3.51. The van der Waals surface area contributed by atoms with E-state index in [1.807, 2.05) is 36.5 Å². The van der Waals surface area contributed by atoms with Crippen molar-refractivity contribution in [3.63, 3.8) is 0 Å². The molecule has 1 aliphatic carbocycles. The maximum atomic E-state index is 12.2. The van der Waals surface area contributed by atoms with E-state index in [9.17, 15) is 4.79 Å². The second kappa shape index (κ2) is 5.33. The highest BCUT2D eigenvalue weighted by atomic mass is 16.2. The minimum atomic E-state index is -0.790. The summed E-state index contributed by atoms with van der Waals surface area (Å²) in [5, 5.41) is 7.13. The molecule has 5 nitrogen and oxygen atoms in total. The van der Waals surface area contributed by atoms with Crippen LogP contribution in [0.1, 0.15) is 25.3 Å². The van der Waals surface area contributed by atoms with Crippen LogP contribution in [-0.4, -0.2) is 21.2 Å². The van der Waals surface area contributed by atoms with Crippen LogP contribution in [0, 0.1) is 5.92 Å². The minimum absolute atomic E-state index is 0.135. The Hall–Kier alpha value is -2.14. The fourth-order valence-electron chi connectivity index (χ4n) is 2.42. The highest BCUT2D eigenvalue weighted by Crippen LogP contribution is 2.38. The zero-order valence-corrected chi connectivity index (χ0v) is 12.1. The number of nitrogens with zero attached hydrogens (tertiary/aromatic N) is 2. The third kappa shape index (κ3) is 3.13. The van der Waals surface area contributed by atoms with Crippen LogP contribution in [0.5, 0.6) is 0 Å². The molecule has 3 rings (SSSR count). The zero-order chi connectivity index (χ0) is 14.9. The fourth-order valence-corrected chi connectivity index (χ4v) is 2.42. The fraction of sp³-hybridized carbons (Fsp3) is 0.375. The van der Waals surface area contributed by atoms with Crippen LogP contribution in [0.15, 0.2) is 42.7 Å². The maximum Gasteiger partial charge on any atom is 0.244 e. The first kappa shape index (κ1) is 13.8. The van der Waals surface area contributed by atoms with Gasteiger partial charge in [-0.3, -0.25) is 9.48 Å². The van der Waals surface area contributed by atoms with Crippen LogP contribution >= 0.6 is 0 Å². The van der Waals surface area contributed by atoms with Gasteiger partial charge >= 0.3 is 0 Å². The Morgan fingerprint density at radius 1 is 1.43 bits per heavy atom. The Labute approximate surface area is 124 Å². The van der Waals surface area contributed by atoms with E-state index in [0.717, 1.165) is 12.8 Å². The second-order valence-electron chi connectivity index (χ2n) is 5.92. The number of nitrogens with one attached hydrogen (secondary N) is 1. The van der Waals surface area contributed by atoms with Crippen molar-refractivity contribution < 1.29 is 4.79 Å². The molecule has 3 N–H and O–H groups in total. The molecule has 2 aromatic rings. The lowest BCUT2D eigenvalue weighted by molar-refractivity contribution is -0.121. The van der Waals surface area contributed by atoms with Crippen LogP contribution in [0.4, 0.5) is 5.69 Å². The Morgan fingerprint density at radius 2 is 2.14 bits per heavy atom. The first-order valence-electron chi connectivity index (χ1n) is 7.22. The van der Waals surface area contributed by atoms with Gasteiger partial charge in [0.25, 0.3) is 0 Å². The van der Waals surface area contributed by atoms with E-state index in [1.165, 1.54) is 5.56 Å². The summed E-state index contributed by atoms with van der Waals surface area (Å²) in [5.41, 5.74) is 7.17. The summed E-state index contributed by atoms with van der Waals surface area (Å²) >= 11 is 0. The van der Waals surface area contributed by atoms with Crippen molar-refractivity contribution in [3.8, 4) is 0 Å². The van der Waals surface area contributed by atoms with Crippen molar-refractivity contribution in [3.05, 3.63) is 48.3 Å². The third-order valence-corrected chi connectivity index (χ3v) is 3.99. The number of rotatable bonds is 5. The van der Waals surface area contributed by atoms with Gasteiger partial charge in [0.1, 0.15) is 0 Å². The molecule has 21 heavy (non-hydrogen) atoms. The van der Waals surface area contributed by atoms with Crippen molar-refractivity contribution in [2.24, 2.45) is 11.7 Å². The first-order valence-corrected chi connectivity index (χ1v) is 7.22. The molecule has 1 unspecified atom stereocenters. The molecule has 1 aromatic carbocycles. The van der Waals surface area contributed by atoms with E-state index >= 15 is 0 Å². The van der Waals surface area contributed by atoms with Gasteiger partial charge in [-0.2, -0.15) is 5.10 Å². The van der Waals surface area contributed by atoms with Crippen molar-refractivity contribution in [2.45, 2.75) is 31.8 Å². The monoisotopic (exact) mass is 284 g/mol. The molecule has 1 saturated carbocycles. The minimum Gasteiger partial charge on any atom is -0.322 e. The Bertz CT molecular complexity index is 629. The molecule has 1 atom stereocenters. The summed E-state index contributed by atoms with van der Waals surface area (Å²) in [5.74, 6) is 0.168. The molecule has 1 aromatic heterocycles. The van der Waals surface area contributed by atoms with Gasteiger partial charge in [0.2, 0.25) is 5.91 Å². The molecule has 1 amide bonds. The summed E-state index contributed by atoms with van der Waals surface area (Å²) in [6.45, 7) is 2.48. The summed E-state index contributed by atoms with van der Waals surface area (Å²) < 4.78 is 1.80. The molecule has 1 aliphatic rings. The number of nitrogens with two attached hydrogens (primary N) is 1. The molecule has 0 bridgehead atoms. The predicted octanol–water partition coefficient (Wildman–Crippen LogP) is 2.00. The van der Waals surface area contributed by atoms with Crippen LogP contribution in [-0.2, 0) is 11.3 Å². The quantitative estimate of drug-likeness (QED) is 0.882. The van der Waals surface area contributed by atoms with Gasteiger partial charge in [0, 0.05) is 6.20 Å². The lowest BCUT2D eigenvalue weighted by Crippen LogP contribution is -2.50. The molecule has 1 heterocycles. The van der Waals surface area contributed by atoms with Crippen molar-refractivity contribution in [2.75, 3.05) is 5.32 Å². The van der Waals surface area contributed by atoms with Gasteiger partial charge in [0.05, 0.1) is 24.0 Å². The topological polar surface area (TPSA) is 72.9 Å². The van der Waals surface area contributed by atoms with Crippen LogP contribution < -0.4 is 11.1 Å². The third-order valence-electron chi connectivity index (χ3n) is 3.99. The number of benzene rings is 1. The van der Waals surface area contributed by atoms with E-state index in [-0.39, 0.29) is 5.91 Å². The Morgan fingerprint density at radius 3 is 2.81 bits per heavy atom. The number of amides is 1. The molecule has 110 valence electrons.